The standard InChI is InChI=1S/C34H24BrFN2O6/c1-41-25-10-5-3-8-23(25)33-37-18-17-29(38-33)43-24-9-4-2-7-21(24)19-28(34(39)40)42-26-11-6-12-27-30(26)31(35)32(44-27)20-13-15-22(36)16-14-20/h2-18,28H,19H2,1H3,(H,39,40)/t28-/m1/s1. The van der Waals surface area contributed by atoms with Crippen molar-refractivity contribution in [3.05, 3.63) is 119 Å². The van der Waals surface area contributed by atoms with E-state index in [1.165, 1.54) is 12.1 Å². The number of para-hydroxylation sites is 2. The lowest BCUT2D eigenvalue weighted by atomic mass is 10.1. The molecule has 6 aromatic rings. The third-order valence-electron chi connectivity index (χ3n) is 6.84. The number of fused-ring (bicyclic) bond motifs is 1. The summed E-state index contributed by atoms with van der Waals surface area (Å²) >= 11 is 3.58. The predicted octanol–water partition coefficient (Wildman–Crippen LogP) is 8.33. The Labute approximate surface area is 259 Å². The quantitative estimate of drug-likeness (QED) is 0.157. The number of carboxylic acids is 1. The van der Waals surface area contributed by atoms with Crippen molar-refractivity contribution < 1.29 is 32.9 Å². The van der Waals surface area contributed by atoms with Crippen molar-refractivity contribution in [3.63, 3.8) is 0 Å². The number of ether oxygens (including phenoxy) is 3. The number of hydrogen-bond donors (Lipinski definition) is 1. The molecule has 0 fully saturated rings. The number of nitrogens with zero attached hydrogens (tertiary/aromatic N) is 2. The molecular formula is C34H24BrFN2O6. The summed E-state index contributed by atoms with van der Waals surface area (Å²) in [5.74, 6) is 1.01. The van der Waals surface area contributed by atoms with Crippen molar-refractivity contribution >= 4 is 32.9 Å². The number of benzene rings is 4. The summed E-state index contributed by atoms with van der Waals surface area (Å²) in [7, 11) is 1.58. The maximum Gasteiger partial charge on any atom is 0.345 e. The van der Waals surface area contributed by atoms with E-state index < -0.39 is 12.1 Å². The molecular weight excluding hydrogens is 631 g/mol. The molecule has 6 rings (SSSR count). The molecule has 0 aliphatic heterocycles. The Bertz CT molecular complexity index is 1960. The SMILES string of the molecule is COc1ccccc1-c1nccc(Oc2ccccc2C[C@@H](Oc2cccc3oc(-c4ccc(F)cc4)c(Br)c23)C(=O)O)n1. The number of methoxy groups -OCH3 is 1. The number of aromatic nitrogens is 2. The smallest absolute Gasteiger partial charge is 0.345 e. The largest absolute Gasteiger partial charge is 0.496 e. The fourth-order valence-corrected chi connectivity index (χ4v) is 5.44. The molecule has 2 aromatic heterocycles. The van der Waals surface area contributed by atoms with Gasteiger partial charge in [0.15, 0.2) is 11.9 Å². The topological polar surface area (TPSA) is 104 Å². The highest BCUT2D eigenvalue weighted by molar-refractivity contribution is 9.10. The van der Waals surface area contributed by atoms with Crippen LogP contribution in [0.2, 0.25) is 0 Å². The molecule has 0 amide bonds. The van der Waals surface area contributed by atoms with Crippen molar-refractivity contribution in [2.24, 2.45) is 0 Å². The van der Waals surface area contributed by atoms with Gasteiger partial charge in [-0.1, -0.05) is 36.4 Å². The van der Waals surface area contributed by atoms with E-state index in [4.69, 9.17) is 18.6 Å². The molecule has 1 N–H and O–H groups in total. The van der Waals surface area contributed by atoms with Gasteiger partial charge < -0.3 is 23.7 Å². The van der Waals surface area contributed by atoms with Gasteiger partial charge >= 0.3 is 5.97 Å². The zero-order chi connectivity index (χ0) is 30.6. The van der Waals surface area contributed by atoms with Gasteiger partial charge in [-0.15, -0.1) is 0 Å². The molecule has 0 saturated heterocycles. The lowest BCUT2D eigenvalue weighted by Gasteiger charge is -2.18. The molecule has 44 heavy (non-hydrogen) atoms. The minimum atomic E-state index is -1.27. The number of rotatable bonds is 10. The van der Waals surface area contributed by atoms with Crippen molar-refractivity contribution in [2.75, 3.05) is 7.11 Å². The molecule has 8 nitrogen and oxygen atoms in total. The van der Waals surface area contributed by atoms with Gasteiger partial charge in [0.2, 0.25) is 5.88 Å². The van der Waals surface area contributed by atoms with Crippen LogP contribution in [-0.2, 0) is 11.2 Å². The maximum absolute atomic E-state index is 13.5. The van der Waals surface area contributed by atoms with E-state index in [1.54, 1.807) is 74.0 Å². The van der Waals surface area contributed by atoms with Crippen LogP contribution in [0.1, 0.15) is 5.56 Å². The first-order valence-electron chi connectivity index (χ1n) is 13.5. The van der Waals surface area contributed by atoms with Gasteiger partial charge in [0, 0.05) is 24.2 Å². The minimum absolute atomic E-state index is 0.00731. The summed E-state index contributed by atoms with van der Waals surface area (Å²) in [6.45, 7) is 0. The number of hydrogen-bond acceptors (Lipinski definition) is 7. The predicted molar refractivity (Wildman–Crippen MR) is 166 cm³/mol. The summed E-state index contributed by atoms with van der Waals surface area (Å²) in [5.41, 5.74) is 2.44. The average molecular weight is 655 g/mol. The number of halogens is 2. The first-order chi connectivity index (χ1) is 21.4. The van der Waals surface area contributed by atoms with Crippen LogP contribution in [0.25, 0.3) is 33.7 Å². The molecule has 0 unspecified atom stereocenters. The second-order valence-corrected chi connectivity index (χ2v) is 10.5. The van der Waals surface area contributed by atoms with E-state index in [-0.39, 0.29) is 18.1 Å². The van der Waals surface area contributed by atoms with Gasteiger partial charge in [-0.05, 0) is 76.1 Å². The minimum Gasteiger partial charge on any atom is -0.496 e. The Morgan fingerprint density at radius 1 is 0.932 bits per heavy atom. The van der Waals surface area contributed by atoms with Crippen LogP contribution in [0.4, 0.5) is 4.39 Å². The van der Waals surface area contributed by atoms with Gasteiger partial charge in [0.1, 0.15) is 34.4 Å². The Hall–Kier alpha value is -5.22. The number of furan rings is 1. The van der Waals surface area contributed by atoms with Crippen LogP contribution < -0.4 is 14.2 Å². The summed E-state index contributed by atoms with van der Waals surface area (Å²) in [5, 5.41) is 10.7. The van der Waals surface area contributed by atoms with Gasteiger partial charge in [0.25, 0.3) is 0 Å². The van der Waals surface area contributed by atoms with Crippen molar-refractivity contribution in [1.82, 2.24) is 9.97 Å². The molecule has 220 valence electrons. The van der Waals surface area contributed by atoms with E-state index in [0.29, 0.717) is 61.0 Å². The number of aliphatic carboxylic acids is 1. The summed E-state index contributed by atoms with van der Waals surface area (Å²) < 4.78 is 37.8. The van der Waals surface area contributed by atoms with Gasteiger partial charge in [0.05, 0.1) is 22.5 Å². The fourth-order valence-electron chi connectivity index (χ4n) is 4.74. The highest BCUT2D eigenvalue weighted by Crippen LogP contribution is 2.42. The Morgan fingerprint density at radius 3 is 2.43 bits per heavy atom. The van der Waals surface area contributed by atoms with E-state index >= 15 is 0 Å². The molecule has 0 aliphatic carbocycles. The lowest BCUT2D eigenvalue weighted by molar-refractivity contribution is -0.144. The molecule has 1 atom stereocenters. The third kappa shape index (κ3) is 5.97. The van der Waals surface area contributed by atoms with Gasteiger partial charge in [-0.25, -0.2) is 14.2 Å². The van der Waals surface area contributed by atoms with Crippen LogP contribution in [0.15, 0.2) is 112 Å². The van der Waals surface area contributed by atoms with Crippen molar-refractivity contribution in [3.8, 4) is 45.8 Å². The molecule has 2 heterocycles. The Balaban J connectivity index is 1.28. The molecule has 0 spiro atoms. The van der Waals surface area contributed by atoms with Crippen LogP contribution in [-0.4, -0.2) is 34.3 Å². The first kappa shape index (κ1) is 28.9. The molecule has 0 radical (unpaired) electrons. The van der Waals surface area contributed by atoms with Gasteiger partial charge in [-0.2, -0.15) is 4.98 Å². The van der Waals surface area contributed by atoms with E-state index in [0.717, 1.165) is 0 Å². The van der Waals surface area contributed by atoms with Crippen LogP contribution in [0.5, 0.6) is 23.1 Å². The number of carboxylic acid groups (broad SMARTS) is 1. The van der Waals surface area contributed by atoms with E-state index in [9.17, 15) is 14.3 Å². The van der Waals surface area contributed by atoms with Crippen LogP contribution in [0.3, 0.4) is 0 Å². The van der Waals surface area contributed by atoms with E-state index in [2.05, 4.69) is 25.9 Å². The van der Waals surface area contributed by atoms with Gasteiger partial charge in [-0.3, -0.25) is 0 Å². The molecule has 0 saturated carbocycles. The van der Waals surface area contributed by atoms with Crippen molar-refractivity contribution in [1.29, 1.82) is 0 Å². The summed E-state index contributed by atoms with van der Waals surface area (Å²) in [6.07, 6.45) is 0.308. The monoisotopic (exact) mass is 654 g/mol. The molecule has 0 bridgehead atoms. The van der Waals surface area contributed by atoms with Crippen molar-refractivity contribution in [2.45, 2.75) is 12.5 Å². The van der Waals surface area contributed by atoms with E-state index in [1.807, 2.05) is 24.3 Å². The van der Waals surface area contributed by atoms with Crippen LogP contribution in [0, 0.1) is 5.82 Å². The second kappa shape index (κ2) is 12.6. The summed E-state index contributed by atoms with van der Waals surface area (Å²) in [6, 6.07) is 27.1. The van der Waals surface area contributed by atoms with Crippen LogP contribution >= 0.6 is 15.9 Å². The fraction of sp³-hybridized carbons (Fsp3) is 0.0882. The lowest BCUT2D eigenvalue weighted by Crippen LogP contribution is -2.29. The zero-order valence-electron chi connectivity index (χ0n) is 23.2. The Morgan fingerprint density at radius 2 is 1.66 bits per heavy atom. The third-order valence-corrected chi connectivity index (χ3v) is 7.60. The molecule has 0 aliphatic rings. The summed E-state index contributed by atoms with van der Waals surface area (Å²) in [4.78, 5) is 21.4. The Kier molecular flexibility index (Phi) is 8.25. The zero-order valence-corrected chi connectivity index (χ0v) is 24.8. The average Bonchev–Trinajstić information content (AvgIpc) is 3.39. The molecule has 4 aromatic carbocycles. The number of carbonyl (C=O) groups is 1. The first-order valence-corrected chi connectivity index (χ1v) is 14.3. The second-order valence-electron chi connectivity index (χ2n) is 9.66. The molecule has 10 heteroatoms. The highest BCUT2D eigenvalue weighted by atomic mass is 79.9. The normalized spacial score (nSPS) is 11.7. The maximum atomic E-state index is 13.5. The highest BCUT2D eigenvalue weighted by Gasteiger charge is 2.25.